The number of aryl methyl sites for hydroxylation is 4. The number of hydrogen-bond donors (Lipinski definition) is 1. The van der Waals surface area contributed by atoms with Crippen LogP contribution in [0.5, 0.6) is 0 Å². The molecule has 1 atom stereocenters. The van der Waals surface area contributed by atoms with E-state index in [1.807, 2.05) is 45.4 Å². The van der Waals surface area contributed by atoms with Gasteiger partial charge in [0.15, 0.2) is 6.10 Å². The zero-order valence-electron chi connectivity index (χ0n) is 19.1. The number of hydrogen-bond acceptors (Lipinski definition) is 6. The first-order valence-corrected chi connectivity index (χ1v) is 10.8. The predicted molar refractivity (Wildman–Crippen MR) is 121 cm³/mol. The molecule has 0 bridgehead atoms. The molecule has 32 heavy (non-hydrogen) atoms. The summed E-state index contributed by atoms with van der Waals surface area (Å²) in [7, 11) is 0. The third-order valence-corrected chi connectivity index (χ3v) is 5.90. The lowest BCUT2D eigenvalue weighted by atomic mass is 10.1. The van der Waals surface area contributed by atoms with Crippen molar-refractivity contribution in [2.24, 2.45) is 0 Å². The summed E-state index contributed by atoms with van der Waals surface area (Å²) in [6.07, 6.45) is -0.749. The van der Waals surface area contributed by atoms with Gasteiger partial charge in [-0.15, -0.1) is 0 Å². The maximum atomic E-state index is 13.1. The second-order valence-corrected chi connectivity index (χ2v) is 8.06. The summed E-state index contributed by atoms with van der Waals surface area (Å²) in [5.74, 6) is -0.431. The van der Waals surface area contributed by atoms with Crippen molar-refractivity contribution in [3.63, 3.8) is 0 Å². The fraction of sp³-hybridized carbons (Fsp3) is 0.435. The maximum absolute atomic E-state index is 13.1. The normalized spacial score (nSPS) is 16.4. The molecule has 168 valence electrons. The van der Waals surface area contributed by atoms with Crippen LogP contribution in [0, 0.1) is 27.7 Å². The molecule has 1 aliphatic heterocycles. The SMILES string of the molecule is CCn1nc(C)c(NC(=O)C2CN(C(=O)c3ccc4nc(C)c(C)nc4c3)CCO2)c1C. The Hall–Kier alpha value is -3.33. The van der Waals surface area contributed by atoms with Gasteiger partial charge in [0.05, 0.1) is 52.6 Å². The number of carbonyl (C=O) groups excluding carboxylic acids is 2. The molecule has 1 N–H and O–H groups in total. The Morgan fingerprint density at radius 3 is 2.50 bits per heavy atom. The van der Waals surface area contributed by atoms with Gasteiger partial charge in [-0.25, -0.2) is 9.97 Å². The molecule has 1 unspecified atom stereocenters. The zero-order chi connectivity index (χ0) is 23.0. The van der Waals surface area contributed by atoms with E-state index >= 15 is 0 Å². The van der Waals surface area contributed by atoms with Crippen molar-refractivity contribution in [3.05, 3.63) is 46.5 Å². The Morgan fingerprint density at radius 1 is 1.09 bits per heavy atom. The topological polar surface area (TPSA) is 102 Å². The molecule has 9 nitrogen and oxygen atoms in total. The van der Waals surface area contributed by atoms with Gasteiger partial charge in [-0.1, -0.05) is 0 Å². The number of rotatable bonds is 4. The number of anilines is 1. The van der Waals surface area contributed by atoms with E-state index in [1.54, 1.807) is 17.0 Å². The first-order valence-electron chi connectivity index (χ1n) is 10.8. The van der Waals surface area contributed by atoms with Crippen molar-refractivity contribution in [2.75, 3.05) is 25.0 Å². The molecule has 4 rings (SSSR count). The molecule has 1 aromatic carbocycles. The molecule has 2 aromatic heterocycles. The molecule has 1 fully saturated rings. The maximum Gasteiger partial charge on any atom is 0.255 e. The van der Waals surface area contributed by atoms with Crippen molar-refractivity contribution in [2.45, 2.75) is 47.3 Å². The molecule has 0 saturated carbocycles. The first-order chi connectivity index (χ1) is 15.3. The monoisotopic (exact) mass is 436 g/mol. The van der Waals surface area contributed by atoms with Gasteiger partial charge in [0.2, 0.25) is 0 Å². The van der Waals surface area contributed by atoms with Gasteiger partial charge in [-0.05, 0) is 52.8 Å². The number of carbonyl (C=O) groups is 2. The van der Waals surface area contributed by atoms with E-state index in [-0.39, 0.29) is 18.4 Å². The number of benzene rings is 1. The summed E-state index contributed by atoms with van der Waals surface area (Å²) in [6, 6.07) is 5.32. The summed E-state index contributed by atoms with van der Waals surface area (Å²) < 4.78 is 7.53. The predicted octanol–water partition coefficient (Wildman–Crippen LogP) is 2.56. The van der Waals surface area contributed by atoms with E-state index in [0.717, 1.165) is 34.8 Å². The largest absolute Gasteiger partial charge is 0.365 e. The van der Waals surface area contributed by atoms with Crippen molar-refractivity contribution in [3.8, 4) is 0 Å². The number of nitrogens with one attached hydrogen (secondary N) is 1. The lowest BCUT2D eigenvalue weighted by Crippen LogP contribution is -2.50. The molecular weight excluding hydrogens is 408 g/mol. The van der Waals surface area contributed by atoms with Crippen molar-refractivity contribution >= 4 is 28.5 Å². The standard InChI is InChI=1S/C23H28N6O3/c1-6-29-16(5)21(15(4)27-29)26-22(30)20-12-28(9-10-32-20)23(31)17-7-8-18-19(11-17)25-14(3)13(2)24-18/h7-8,11,20H,6,9-10,12H2,1-5H3,(H,26,30). The first kappa shape index (κ1) is 21.9. The Morgan fingerprint density at radius 2 is 1.81 bits per heavy atom. The molecule has 0 radical (unpaired) electrons. The lowest BCUT2D eigenvalue weighted by molar-refractivity contribution is -0.131. The molecule has 1 saturated heterocycles. The van der Waals surface area contributed by atoms with Gasteiger partial charge in [-0.2, -0.15) is 5.10 Å². The van der Waals surface area contributed by atoms with Crippen LogP contribution in [0.2, 0.25) is 0 Å². The highest BCUT2D eigenvalue weighted by molar-refractivity contribution is 5.99. The molecule has 3 aromatic rings. The van der Waals surface area contributed by atoms with Gasteiger partial charge in [-0.3, -0.25) is 14.3 Å². The number of ether oxygens (including phenoxy) is 1. The summed E-state index contributed by atoms with van der Waals surface area (Å²) in [4.78, 5) is 36.8. The third-order valence-electron chi connectivity index (χ3n) is 5.90. The van der Waals surface area contributed by atoms with E-state index in [1.165, 1.54) is 0 Å². The Bertz CT molecular complexity index is 1200. The molecule has 9 heteroatoms. The van der Waals surface area contributed by atoms with Crippen LogP contribution in [0.15, 0.2) is 18.2 Å². The number of nitrogens with zero attached hydrogens (tertiary/aromatic N) is 5. The highest BCUT2D eigenvalue weighted by atomic mass is 16.5. The molecule has 3 heterocycles. The van der Waals surface area contributed by atoms with Crippen LogP contribution < -0.4 is 5.32 Å². The van der Waals surface area contributed by atoms with Crippen LogP contribution in [0.3, 0.4) is 0 Å². The van der Waals surface area contributed by atoms with Crippen LogP contribution >= 0.6 is 0 Å². The van der Waals surface area contributed by atoms with Gasteiger partial charge < -0.3 is 15.0 Å². The number of morpholine rings is 1. The zero-order valence-corrected chi connectivity index (χ0v) is 19.1. The van der Waals surface area contributed by atoms with E-state index in [2.05, 4.69) is 20.4 Å². The van der Waals surface area contributed by atoms with Crippen LogP contribution in [-0.4, -0.2) is 62.3 Å². The number of aromatic nitrogens is 4. The van der Waals surface area contributed by atoms with Gasteiger partial charge >= 0.3 is 0 Å². The average Bonchev–Trinajstić information content (AvgIpc) is 3.06. The van der Waals surface area contributed by atoms with Gasteiger partial charge in [0, 0.05) is 18.7 Å². The molecule has 2 amide bonds. The van der Waals surface area contributed by atoms with Crippen molar-refractivity contribution in [1.29, 1.82) is 0 Å². The van der Waals surface area contributed by atoms with E-state index in [0.29, 0.717) is 29.9 Å². The minimum atomic E-state index is -0.749. The fourth-order valence-electron chi connectivity index (χ4n) is 3.93. The summed E-state index contributed by atoms with van der Waals surface area (Å²) >= 11 is 0. The summed E-state index contributed by atoms with van der Waals surface area (Å²) in [5.41, 5.74) is 6.00. The average molecular weight is 437 g/mol. The van der Waals surface area contributed by atoms with E-state index in [4.69, 9.17) is 4.74 Å². The highest BCUT2D eigenvalue weighted by Crippen LogP contribution is 2.21. The van der Waals surface area contributed by atoms with Gasteiger partial charge in [0.25, 0.3) is 11.8 Å². The lowest BCUT2D eigenvalue weighted by Gasteiger charge is -2.32. The minimum absolute atomic E-state index is 0.154. The summed E-state index contributed by atoms with van der Waals surface area (Å²) in [5, 5.41) is 7.37. The van der Waals surface area contributed by atoms with E-state index in [9.17, 15) is 9.59 Å². The molecule has 0 spiro atoms. The third kappa shape index (κ3) is 4.08. The van der Waals surface area contributed by atoms with E-state index < -0.39 is 6.10 Å². The number of amides is 2. The van der Waals surface area contributed by atoms with Crippen LogP contribution in [-0.2, 0) is 16.1 Å². The smallest absolute Gasteiger partial charge is 0.255 e. The van der Waals surface area contributed by atoms with Crippen LogP contribution in [0.1, 0.15) is 40.1 Å². The Kier molecular flexibility index (Phi) is 5.92. The Labute approximate surface area is 186 Å². The molecular formula is C23H28N6O3. The van der Waals surface area contributed by atoms with Crippen molar-refractivity contribution < 1.29 is 14.3 Å². The van der Waals surface area contributed by atoms with Gasteiger partial charge in [0.1, 0.15) is 0 Å². The highest BCUT2D eigenvalue weighted by Gasteiger charge is 2.31. The quantitative estimate of drug-likeness (QED) is 0.674. The molecule has 1 aliphatic rings. The van der Waals surface area contributed by atoms with Crippen LogP contribution in [0.4, 0.5) is 5.69 Å². The van der Waals surface area contributed by atoms with Crippen LogP contribution in [0.25, 0.3) is 11.0 Å². The summed E-state index contributed by atoms with van der Waals surface area (Å²) in [6.45, 7) is 11.2. The van der Waals surface area contributed by atoms with Crippen molar-refractivity contribution in [1.82, 2.24) is 24.6 Å². The fourth-order valence-corrected chi connectivity index (χ4v) is 3.93. The second kappa shape index (κ2) is 8.66. The second-order valence-electron chi connectivity index (χ2n) is 8.06. The number of fused-ring (bicyclic) bond motifs is 1. The molecule has 0 aliphatic carbocycles. The Balaban J connectivity index is 1.49. The minimum Gasteiger partial charge on any atom is -0.365 e.